The molecule has 0 amide bonds. The van der Waals surface area contributed by atoms with Gasteiger partial charge in [-0.2, -0.15) is 0 Å². The summed E-state index contributed by atoms with van der Waals surface area (Å²) in [4.78, 5) is 60.2. The van der Waals surface area contributed by atoms with Crippen LogP contribution in [-0.4, -0.2) is 34.7 Å². The summed E-state index contributed by atoms with van der Waals surface area (Å²) in [5, 5.41) is 0. The molecule has 22 heavy (non-hydrogen) atoms. The number of carbonyl (C=O) groups is 6. The Balaban J connectivity index is -0.000000108. The number of rotatable bonds is 6. The second kappa shape index (κ2) is 18.4. The maximum absolute atomic E-state index is 10.0. The van der Waals surface area contributed by atoms with Crippen molar-refractivity contribution in [2.24, 2.45) is 0 Å². The quantitative estimate of drug-likeness (QED) is 0.581. The van der Waals surface area contributed by atoms with Crippen LogP contribution in [0.15, 0.2) is 0 Å². The van der Waals surface area contributed by atoms with Gasteiger partial charge in [-0.25, -0.2) is 0 Å². The van der Waals surface area contributed by atoms with Gasteiger partial charge in [0.05, 0.1) is 19.3 Å². The predicted molar refractivity (Wildman–Crippen MR) is 77.9 cm³/mol. The molecule has 6 nitrogen and oxygen atoms in total. The number of ketones is 6. The molecule has 0 saturated heterocycles. The van der Waals surface area contributed by atoms with E-state index in [9.17, 15) is 28.8 Å². The van der Waals surface area contributed by atoms with Crippen molar-refractivity contribution < 1.29 is 70.1 Å². The van der Waals surface area contributed by atoms with Crippen LogP contribution in [0.4, 0.5) is 0 Å². The van der Waals surface area contributed by atoms with Crippen LogP contribution in [0.5, 0.6) is 0 Å². The van der Waals surface area contributed by atoms with Gasteiger partial charge in [-0.3, -0.25) is 28.8 Å². The Morgan fingerprint density at radius 3 is 0.500 bits per heavy atom. The van der Waals surface area contributed by atoms with Crippen molar-refractivity contribution in [3.63, 3.8) is 0 Å². The first-order chi connectivity index (χ1) is 9.38. The van der Waals surface area contributed by atoms with Gasteiger partial charge in [0.1, 0.15) is 34.7 Å². The summed E-state index contributed by atoms with van der Waals surface area (Å²) in [6.07, 6.45) is 0.250. The Bertz CT molecular complexity index is 314. The first kappa shape index (κ1) is 29.4. The molecule has 123 valence electrons. The minimum absolute atomic E-state index is 0. The molecule has 1 radical (unpaired) electrons. The molecular weight excluding hydrogens is 417 g/mol. The molecule has 0 atom stereocenters. The van der Waals surface area contributed by atoms with Crippen LogP contribution < -0.4 is 0 Å². The average Bonchev–Trinajstić information content (AvgIpc) is 2.10. The smallest absolute Gasteiger partial charge is 0.137 e. The molecule has 0 bridgehead atoms. The van der Waals surface area contributed by atoms with E-state index < -0.39 is 0 Å². The molecule has 0 aromatic heterocycles. The molecule has 0 heterocycles. The fourth-order valence-electron chi connectivity index (χ4n) is 1.05. The van der Waals surface area contributed by atoms with E-state index in [1.54, 1.807) is 0 Å². The minimum Gasteiger partial charge on any atom is -0.300 e. The van der Waals surface area contributed by atoms with E-state index in [2.05, 4.69) is 0 Å². The third kappa shape index (κ3) is 50.6. The van der Waals surface area contributed by atoms with Crippen molar-refractivity contribution in [2.75, 3.05) is 0 Å². The monoisotopic (exact) mass is 441 g/mol. The average molecular weight is 441 g/mol. The zero-order valence-corrected chi connectivity index (χ0v) is 17.9. The molecular formula is C15H24O6Pr. The maximum atomic E-state index is 10.0. The SMILES string of the molecule is CC(=O)CC(C)=O.CC(=O)CC(C)=O.CC(=O)CC(C)=O.[Pr]. The molecule has 0 saturated carbocycles. The van der Waals surface area contributed by atoms with Gasteiger partial charge in [-0.1, -0.05) is 0 Å². The molecule has 0 N–H and O–H groups in total. The molecule has 0 spiro atoms. The Kier molecular flexibility index (Phi) is 24.6. The van der Waals surface area contributed by atoms with Gasteiger partial charge in [0.15, 0.2) is 0 Å². The zero-order valence-electron chi connectivity index (χ0n) is 14.1. The van der Waals surface area contributed by atoms with Crippen LogP contribution >= 0.6 is 0 Å². The second-order valence-electron chi connectivity index (χ2n) is 4.74. The van der Waals surface area contributed by atoms with Crippen molar-refractivity contribution in [3.05, 3.63) is 0 Å². The fraction of sp³-hybridized carbons (Fsp3) is 0.600. The summed E-state index contributed by atoms with van der Waals surface area (Å²) >= 11 is 0. The topological polar surface area (TPSA) is 102 Å². The van der Waals surface area contributed by atoms with Crippen LogP contribution in [0.2, 0.25) is 0 Å². The summed E-state index contributed by atoms with van der Waals surface area (Å²) < 4.78 is 0. The van der Waals surface area contributed by atoms with Crippen LogP contribution in [0.25, 0.3) is 0 Å². The summed E-state index contributed by atoms with van der Waals surface area (Å²) in [6, 6.07) is 0. The third-order valence-corrected chi connectivity index (χ3v) is 1.49. The minimum atomic E-state index is -0.0625. The molecule has 0 unspecified atom stereocenters. The first-order valence-corrected chi connectivity index (χ1v) is 6.35. The van der Waals surface area contributed by atoms with E-state index >= 15 is 0 Å². The van der Waals surface area contributed by atoms with E-state index in [4.69, 9.17) is 0 Å². The number of hydrogen-bond acceptors (Lipinski definition) is 6. The molecule has 0 aromatic carbocycles. The Hall–Kier alpha value is -0.616. The standard InChI is InChI=1S/3C5H8O2.Pr/c3*1-4(6)3-5(2)7;/h3*3H2,1-2H3;. The van der Waals surface area contributed by atoms with E-state index in [0.717, 1.165) is 0 Å². The fourth-order valence-corrected chi connectivity index (χ4v) is 1.05. The third-order valence-electron chi connectivity index (χ3n) is 1.49. The summed E-state index contributed by atoms with van der Waals surface area (Å²) in [5.41, 5.74) is 0. The van der Waals surface area contributed by atoms with E-state index in [1.165, 1.54) is 41.5 Å². The zero-order chi connectivity index (χ0) is 17.6. The molecule has 0 aliphatic heterocycles. The summed E-state index contributed by atoms with van der Waals surface area (Å²) in [6.45, 7) is 8.42. The van der Waals surface area contributed by atoms with E-state index in [0.29, 0.717) is 0 Å². The van der Waals surface area contributed by atoms with E-state index in [1.807, 2.05) is 0 Å². The number of Topliss-reactive ketones (excluding diaryl/α,β-unsaturated/α-hetero) is 6. The van der Waals surface area contributed by atoms with Crippen molar-refractivity contribution in [1.29, 1.82) is 0 Å². The summed E-state index contributed by atoms with van der Waals surface area (Å²) in [5.74, 6) is -0.375. The van der Waals surface area contributed by atoms with Crippen LogP contribution in [0.3, 0.4) is 0 Å². The van der Waals surface area contributed by atoms with Gasteiger partial charge >= 0.3 is 0 Å². The molecule has 0 fully saturated rings. The molecule has 0 rings (SSSR count). The van der Waals surface area contributed by atoms with Gasteiger partial charge < -0.3 is 0 Å². The number of hydrogen-bond donors (Lipinski definition) is 0. The Morgan fingerprint density at radius 2 is 0.500 bits per heavy atom. The largest absolute Gasteiger partial charge is 0.300 e. The van der Waals surface area contributed by atoms with Gasteiger partial charge in [0.25, 0.3) is 0 Å². The Labute approximate surface area is 164 Å². The summed E-state index contributed by atoms with van der Waals surface area (Å²) in [7, 11) is 0. The van der Waals surface area contributed by atoms with Crippen molar-refractivity contribution in [2.45, 2.75) is 60.8 Å². The maximum Gasteiger partial charge on any atom is 0.137 e. The van der Waals surface area contributed by atoms with Crippen molar-refractivity contribution in [3.8, 4) is 0 Å². The normalized spacial score (nSPS) is 7.91. The predicted octanol–water partition coefficient (Wildman–Crippen LogP) is 1.66. The van der Waals surface area contributed by atoms with Crippen LogP contribution in [0, 0.1) is 41.3 Å². The van der Waals surface area contributed by atoms with Crippen LogP contribution in [0.1, 0.15) is 60.8 Å². The van der Waals surface area contributed by atoms with E-state index in [-0.39, 0.29) is 95.3 Å². The second-order valence-corrected chi connectivity index (χ2v) is 4.74. The van der Waals surface area contributed by atoms with Crippen LogP contribution in [-0.2, 0) is 28.8 Å². The van der Waals surface area contributed by atoms with Gasteiger partial charge in [0.2, 0.25) is 0 Å². The molecule has 0 aliphatic rings. The molecule has 0 aromatic rings. The molecule has 0 aliphatic carbocycles. The Morgan fingerprint density at radius 1 is 0.409 bits per heavy atom. The van der Waals surface area contributed by atoms with Crippen molar-refractivity contribution in [1.82, 2.24) is 0 Å². The van der Waals surface area contributed by atoms with Gasteiger partial charge in [0, 0.05) is 41.3 Å². The number of carbonyl (C=O) groups excluding carboxylic acids is 6. The van der Waals surface area contributed by atoms with Crippen molar-refractivity contribution >= 4 is 34.7 Å². The van der Waals surface area contributed by atoms with Gasteiger partial charge in [-0.05, 0) is 41.5 Å². The first-order valence-electron chi connectivity index (χ1n) is 6.35. The van der Waals surface area contributed by atoms with Gasteiger partial charge in [-0.15, -0.1) is 0 Å². The molecule has 7 heteroatoms.